The summed E-state index contributed by atoms with van der Waals surface area (Å²) >= 11 is 15.1. The van der Waals surface area contributed by atoms with Gasteiger partial charge in [0.15, 0.2) is 0 Å². The van der Waals surface area contributed by atoms with E-state index < -0.39 is 16.8 Å². The molecule has 0 bridgehead atoms. The Hall–Kier alpha value is -4.32. The summed E-state index contributed by atoms with van der Waals surface area (Å²) in [7, 11) is 7.13. The predicted octanol–water partition coefficient (Wildman–Crippen LogP) is 9.47. The Bertz CT molecular complexity index is 2060. The Labute approximate surface area is 377 Å². The van der Waals surface area contributed by atoms with Gasteiger partial charge in [-0.25, -0.2) is 9.59 Å². The molecule has 6 heterocycles. The molecule has 4 aromatic rings. The number of H-pyrrole nitrogens is 1. The van der Waals surface area contributed by atoms with Crippen LogP contribution in [0.3, 0.4) is 0 Å². The van der Waals surface area contributed by atoms with Crippen LogP contribution in [0.1, 0.15) is 105 Å². The molecule has 2 aliphatic heterocycles. The molecule has 4 amide bonds. The van der Waals surface area contributed by atoms with Crippen molar-refractivity contribution < 1.29 is 24.3 Å². The lowest BCUT2D eigenvalue weighted by atomic mass is 9.94. The summed E-state index contributed by atoms with van der Waals surface area (Å²) in [5, 5.41) is 27.1. The van der Waals surface area contributed by atoms with Crippen molar-refractivity contribution in [2.75, 3.05) is 65.0 Å². The Balaban J connectivity index is 0.000000236. The standard InChI is InChI=1S/C21H30ClN5O2S.C16H22ClN5OS.C5H10O2/c1-21(2,3)19(28)27-18(23-13-15-6-7-17(22)30-15)12-16(24-27)14-8-10-26(11-9-14)20(29)25(4)5;1-21(2)16(23)22-7-5-11(6-8-22)13-9-15(20-19-13)18-10-12-3-4-14(17)24-12;1-5(2,3)4(6)7/h6-7,12,14,23H,8-11,13H2,1-5H3;3-4,9,11H,5-8,10H2,1-2H3,(H2,18,19,20);1-3H3,(H,6,7). The summed E-state index contributed by atoms with van der Waals surface area (Å²) in [6.45, 7) is 14.9. The zero-order chi connectivity index (χ0) is 45.2. The average molecular weight is 922 g/mol. The molecule has 0 aliphatic carbocycles. The lowest BCUT2D eigenvalue weighted by molar-refractivity contribution is -0.145. The minimum absolute atomic E-state index is 0.0406. The predicted molar refractivity (Wildman–Crippen MR) is 247 cm³/mol. The fraction of sp³-hybridized carbons (Fsp3) is 0.571. The fourth-order valence-electron chi connectivity index (χ4n) is 6.40. The number of nitrogens with one attached hydrogen (secondary N) is 3. The molecule has 0 aromatic carbocycles. The number of aliphatic carboxylic acids is 1. The van der Waals surface area contributed by atoms with Crippen LogP contribution in [0.15, 0.2) is 36.4 Å². The van der Waals surface area contributed by atoms with Crippen molar-refractivity contribution in [2.45, 2.75) is 92.2 Å². The van der Waals surface area contributed by atoms with Crippen molar-refractivity contribution in [3.63, 3.8) is 0 Å². The number of hydrogen-bond donors (Lipinski definition) is 4. The first kappa shape index (κ1) is 49.3. The van der Waals surface area contributed by atoms with E-state index in [0.29, 0.717) is 31.4 Å². The normalized spacial score (nSPS) is 15.0. The van der Waals surface area contributed by atoms with E-state index in [1.165, 1.54) is 20.9 Å². The Kier molecular flexibility index (Phi) is 17.5. The third-order valence-corrected chi connectivity index (χ3v) is 12.6. The van der Waals surface area contributed by atoms with Crippen LogP contribution in [0.2, 0.25) is 8.67 Å². The molecule has 2 fully saturated rings. The molecule has 2 saturated heterocycles. The molecule has 19 heteroatoms. The first-order valence-electron chi connectivity index (χ1n) is 20.4. The van der Waals surface area contributed by atoms with Gasteiger partial charge in [0, 0.05) is 99.2 Å². The topological polar surface area (TPSA) is 172 Å². The maximum Gasteiger partial charge on any atom is 0.319 e. The summed E-state index contributed by atoms with van der Waals surface area (Å²) in [5.74, 6) is 1.38. The van der Waals surface area contributed by atoms with Crippen LogP contribution >= 0.6 is 45.9 Å². The highest BCUT2D eigenvalue weighted by Crippen LogP contribution is 2.32. The van der Waals surface area contributed by atoms with Gasteiger partial charge in [0.05, 0.1) is 32.9 Å². The number of halogens is 2. The quantitative estimate of drug-likeness (QED) is 0.134. The molecule has 336 valence electrons. The number of likely N-dealkylation sites (tertiary alicyclic amines) is 2. The van der Waals surface area contributed by atoms with Crippen LogP contribution in [-0.4, -0.2) is 123 Å². The molecule has 2 aliphatic rings. The molecule has 6 rings (SSSR count). The lowest BCUT2D eigenvalue weighted by Gasteiger charge is -2.33. The number of carboxylic acid groups (broad SMARTS) is 1. The van der Waals surface area contributed by atoms with Crippen molar-refractivity contribution in [3.8, 4) is 0 Å². The molecule has 0 saturated carbocycles. The molecule has 0 radical (unpaired) electrons. The van der Waals surface area contributed by atoms with Crippen molar-refractivity contribution in [3.05, 3.63) is 66.2 Å². The minimum Gasteiger partial charge on any atom is -0.481 e. The van der Waals surface area contributed by atoms with Crippen LogP contribution < -0.4 is 10.6 Å². The molecule has 4 aromatic heterocycles. The van der Waals surface area contributed by atoms with Crippen molar-refractivity contribution in [2.24, 2.45) is 10.8 Å². The highest BCUT2D eigenvalue weighted by atomic mass is 35.5. The molecule has 15 nitrogen and oxygen atoms in total. The van der Waals surface area contributed by atoms with E-state index in [2.05, 4.69) is 26.9 Å². The van der Waals surface area contributed by atoms with Gasteiger partial charge in [0.25, 0.3) is 5.91 Å². The first-order valence-corrected chi connectivity index (χ1v) is 22.7. The monoisotopic (exact) mass is 920 g/mol. The summed E-state index contributed by atoms with van der Waals surface area (Å²) < 4.78 is 3.04. The van der Waals surface area contributed by atoms with Gasteiger partial charge in [-0.15, -0.1) is 22.7 Å². The minimum atomic E-state index is -0.757. The van der Waals surface area contributed by atoms with Gasteiger partial charge >= 0.3 is 18.0 Å². The van der Waals surface area contributed by atoms with Crippen molar-refractivity contribution >= 4 is 81.4 Å². The number of hydrogen-bond acceptors (Lipinski definition) is 10. The summed E-state index contributed by atoms with van der Waals surface area (Å²) in [6, 6.07) is 12.0. The van der Waals surface area contributed by atoms with Gasteiger partial charge < -0.3 is 35.3 Å². The Morgan fingerprint density at radius 2 is 1.21 bits per heavy atom. The van der Waals surface area contributed by atoms with Crippen molar-refractivity contribution in [1.82, 2.24) is 39.6 Å². The number of thiophene rings is 2. The lowest BCUT2D eigenvalue weighted by Crippen LogP contribution is -2.43. The van der Waals surface area contributed by atoms with Crippen LogP contribution in [0.4, 0.5) is 21.2 Å². The van der Waals surface area contributed by atoms with E-state index in [1.54, 1.807) is 70.1 Å². The number of piperidine rings is 2. The van der Waals surface area contributed by atoms with Gasteiger partial charge in [0.2, 0.25) is 0 Å². The average Bonchev–Trinajstić information content (AvgIpc) is 4.03. The number of carbonyl (C=O) groups is 4. The number of urea groups is 2. The number of aromatic amines is 1. The zero-order valence-corrected chi connectivity index (χ0v) is 40.1. The van der Waals surface area contributed by atoms with E-state index >= 15 is 0 Å². The molecular formula is C42H62Cl2N10O5S2. The second-order valence-electron chi connectivity index (χ2n) is 17.7. The van der Waals surface area contributed by atoms with E-state index in [1.807, 2.05) is 60.9 Å². The zero-order valence-electron chi connectivity index (χ0n) is 37.0. The Morgan fingerprint density at radius 3 is 1.62 bits per heavy atom. The number of anilines is 2. The Morgan fingerprint density at radius 1 is 0.754 bits per heavy atom. The number of rotatable bonds is 8. The van der Waals surface area contributed by atoms with E-state index in [0.717, 1.165) is 76.1 Å². The number of carbonyl (C=O) groups excluding carboxylic acids is 3. The van der Waals surface area contributed by atoms with E-state index in [9.17, 15) is 19.2 Å². The molecule has 61 heavy (non-hydrogen) atoms. The van der Waals surface area contributed by atoms with Gasteiger partial charge in [-0.1, -0.05) is 44.0 Å². The van der Waals surface area contributed by atoms with Crippen LogP contribution in [0, 0.1) is 10.8 Å². The highest BCUT2D eigenvalue weighted by Gasteiger charge is 2.31. The van der Waals surface area contributed by atoms with Crippen LogP contribution in [0.5, 0.6) is 0 Å². The molecule has 4 N–H and O–H groups in total. The van der Waals surface area contributed by atoms with Gasteiger partial charge in [0.1, 0.15) is 11.6 Å². The first-order chi connectivity index (χ1) is 28.5. The van der Waals surface area contributed by atoms with Gasteiger partial charge in [-0.2, -0.15) is 14.9 Å². The summed E-state index contributed by atoms with van der Waals surface area (Å²) in [4.78, 5) is 56.5. The summed E-state index contributed by atoms with van der Waals surface area (Å²) in [6.07, 6.45) is 3.59. The van der Waals surface area contributed by atoms with Crippen molar-refractivity contribution in [1.29, 1.82) is 0 Å². The van der Waals surface area contributed by atoms with E-state index in [-0.39, 0.29) is 23.9 Å². The molecule has 0 unspecified atom stereocenters. The maximum atomic E-state index is 13.0. The SMILES string of the molecule is CC(C)(C)C(=O)O.CN(C)C(=O)N1CCC(c2cc(NCc3ccc(Cl)s3)n(C(=O)C(C)(C)C)n2)CC1.CN(C)C(=O)N1CCC(c2cc(NCc3ccc(Cl)s3)n[nH]2)CC1. The fourth-order valence-corrected chi connectivity index (χ4v) is 8.45. The van der Waals surface area contributed by atoms with Gasteiger partial charge in [-0.05, 0) is 70.7 Å². The maximum absolute atomic E-state index is 13.0. The molecule has 0 spiro atoms. The number of aromatic nitrogens is 4. The molecular weight excluding hydrogens is 860 g/mol. The third-order valence-electron chi connectivity index (χ3n) is 10.1. The van der Waals surface area contributed by atoms with Crippen LogP contribution in [0.25, 0.3) is 0 Å². The number of amides is 4. The molecule has 0 atom stereocenters. The smallest absolute Gasteiger partial charge is 0.319 e. The summed E-state index contributed by atoms with van der Waals surface area (Å²) in [5.41, 5.74) is 0.905. The van der Waals surface area contributed by atoms with Crippen LogP contribution in [-0.2, 0) is 17.9 Å². The second kappa shape index (κ2) is 21.7. The van der Waals surface area contributed by atoms with Gasteiger partial charge in [-0.3, -0.25) is 14.7 Å². The highest BCUT2D eigenvalue weighted by molar-refractivity contribution is 7.16. The number of carboxylic acids is 1. The number of nitrogens with zero attached hydrogens (tertiary/aromatic N) is 7. The third kappa shape index (κ3) is 14.6. The van der Waals surface area contributed by atoms with E-state index in [4.69, 9.17) is 33.4 Å². The second-order valence-corrected chi connectivity index (χ2v) is 21.3. The largest absolute Gasteiger partial charge is 0.481 e.